The molecule has 106 valence electrons. The number of hydrogen-bond acceptors (Lipinski definition) is 3. The third kappa shape index (κ3) is 4.11. The third-order valence-electron chi connectivity index (χ3n) is 3.08. The summed E-state index contributed by atoms with van der Waals surface area (Å²) in [7, 11) is 0. The normalized spacial score (nSPS) is 10.1. The van der Waals surface area contributed by atoms with Gasteiger partial charge >= 0.3 is 5.97 Å². The van der Waals surface area contributed by atoms with Gasteiger partial charge in [0.05, 0.1) is 12.0 Å². The summed E-state index contributed by atoms with van der Waals surface area (Å²) in [5, 5.41) is 18.0. The first kappa shape index (κ1) is 15.1. The number of hydrogen-bond donors (Lipinski definition) is 1. The minimum atomic E-state index is -0.894. The molecule has 0 amide bonds. The lowest BCUT2D eigenvalue weighted by molar-refractivity contribution is -0.136. The SMILES string of the molecule is CCc1ccc(Sc2ccc(CC(=O)O)cc2C#N)cc1. The number of carboxylic acid groups (broad SMARTS) is 1. The predicted molar refractivity (Wildman–Crippen MR) is 82.4 cm³/mol. The van der Waals surface area contributed by atoms with Crippen LogP contribution < -0.4 is 0 Å². The molecule has 0 aliphatic heterocycles. The van der Waals surface area contributed by atoms with Crippen molar-refractivity contribution in [2.45, 2.75) is 29.6 Å². The van der Waals surface area contributed by atoms with Gasteiger partial charge in [0.1, 0.15) is 6.07 Å². The molecule has 0 bridgehead atoms. The van der Waals surface area contributed by atoms with Crippen molar-refractivity contribution >= 4 is 17.7 Å². The predicted octanol–water partition coefficient (Wildman–Crippen LogP) is 3.90. The Morgan fingerprint density at radius 2 is 1.86 bits per heavy atom. The molecule has 0 atom stereocenters. The maximum Gasteiger partial charge on any atom is 0.307 e. The molecular formula is C17H15NO2S. The van der Waals surface area contributed by atoms with E-state index in [1.54, 1.807) is 12.1 Å². The Morgan fingerprint density at radius 1 is 1.19 bits per heavy atom. The van der Waals surface area contributed by atoms with Gasteiger partial charge in [-0.25, -0.2) is 0 Å². The minimum absolute atomic E-state index is 0.0647. The van der Waals surface area contributed by atoms with Crippen LogP contribution in [-0.4, -0.2) is 11.1 Å². The fourth-order valence-corrected chi connectivity index (χ4v) is 2.83. The zero-order valence-corrected chi connectivity index (χ0v) is 12.5. The molecule has 1 N–H and O–H groups in total. The van der Waals surface area contributed by atoms with Gasteiger partial charge in [0.2, 0.25) is 0 Å². The highest BCUT2D eigenvalue weighted by atomic mass is 32.2. The van der Waals surface area contributed by atoms with Crippen molar-refractivity contribution in [1.29, 1.82) is 5.26 Å². The molecule has 0 heterocycles. The standard InChI is InChI=1S/C17H15NO2S/c1-2-12-3-6-15(7-4-12)21-16-8-5-13(10-17(19)20)9-14(16)11-18/h3-9H,2,10H2,1H3,(H,19,20). The molecule has 4 heteroatoms. The van der Waals surface area contributed by atoms with E-state index in [2.05, 4.69) is 25.1 Å². The summed E-state index contributed by atoms with van der Waals surface area (Å²) in [4.78, 5) is 12.6. The number of nitriles is 1. The van der Waals surface area contributed by atoms with Gasteiger partial charge in [-0.1, -0.05) is 36.9 Å². The van der Waals surface area contributed by atoms with Crippen molar-refractivity contribution < 1.29 is 9.90 Å². The highest BCUT2D eigenvalue weighted by Crippen LogP contribution is 2.31. The minimum Gasteiger partial charge on any atom is -0.481 e. The number of benzene rings is 2. The Labute approximate surface area is 128 Å². The van der Waals surface area contributed by atoms with E-state index in [4.69, 9.17) is 5.11 Å². The average molecular weight is 297 g/mol. The van der Waals surface area contributed by atoms with E-state index >= 15 is 0 Å². The maximum absolute atomic E-state index is 10.7. The lowest BCUT2D eigenvalue weighted by Gasteiger charge is -2.06. The molecule has 21 heavy (non-hydrogen) atoms. The quantitative estimate of drug-likeness (QED) is 0.909. The van der Waals surface area contributed by atoms with Crippen molar-refractivity contribution in [3.05, 3.63) is 59.2 Å². The summed E-state index contributed by atoms with van der Waals surface area (Å²) in [6.07, 6.45) is 0.934. The van der Waals surface area contributed by atoms with Crippen molar-refractivity contribution in [3.8, 4) is 6.07 Å². The summed E-state index contributed by atoms with van der Waals surface area (Å²) in [5.41, 5.74) is 2.43. The topological polar surface area (TPSA) is 61.1 Å². The number of aryl methyl sites for hydroxylation is 1. The first-order chi connectivity index (χ1) is 10.1. The molecule has 0 aliphatic rings. The number of carboxylic acids is 1. The Kier molecular flexibility index (Phi) is 5.02. The summed E-state index contributed by atoms with van der Waals surface area (Å²) in [6, 6.07) is 15.6. The zero-order chi connectivity index (χ0) is 15.2. The molecule has 0 saturated carbocycles. The summed E-state index contributed by atoms with van der Waals surface area (Å²) in [6.45, 7) is 2.11. The van der Waals surface area contributed by atoms with Crippen LogP contribution in [0.1, 0.15) is 23.6 Å². The maximum atomic E-state index is 10.7. The van der Waals surface area contributed by atoms with Gasteiger partial charge in [-0.15, -0.1) is 0 Å². The van der Waals surface area contributed by atoms with E-state index in [-0.39, 0.29) is 6.42 Å². The fraction of sp³-hybridized carbons (Fsp3) is 0.176. The van der Waals surface area contributed by atoms with Gasteiger partial charge in [-0.2, -0.15) is 5.26 Å². The van der Waals surface area contributed by atoms with Crippen LogP contribution in [0.4, 0.5) is 0 Å². The molecular weight excluding hydrogens is 282 g/mol. The van der Waals surface area contributed by atoms with Crippen molar-refractivity contribution in [2.75, 3.05) is 0 Å². The van der Waals surface area contributed by atoms with Crippen LogP contribution in [0.5, 0.6) is 0 Å². The van der Waals surface area contributed by atoms with Crippen LogP contribution in [0, 0.1) is 11.3 Å². The molecule has 2 rings (SSSR count). The van der Waals surface area contributed by atoms with E-state index in [1.807, 2.05) is 18.2 Å². The fourth-order valence-electron chi connectivity index (χ4n) is 1.96. The Hall–Kier alpha value is -2.25. The molecule has 0 aromatic heterocycles. The Morgan fingerprint density at radius 3 is 2.43 bits per heavy atom. The van der Waals surface area contributed by atoms with E-state index < -0.39 is 5.97 Å². The summed E-state index contributed by atoms with van der Waals surface area (Å²) >= 11 is 1.52. The monoisotopic (exact) mass is 297 g/mol. The van der Waals surface area contributed by atoms with Crippen LogP contribution in [0.3, 0.4) is 0 Å². The van der Waals surface area contributed by atoms with Crippen LogP contribution in [0.2, 0.25) is 0 Å². The van der Waals surface area contributed by atoms with E-state index in [0.717, 1.165) is 16.2 Å². The largest absolute Gasteiger partial charge is 0.481 e. The summed E-state index contributed by atoms with van der Waals surface area (Å²) < 4.78 is 0. The highest BCUT2D eigenvalue weighted by molar-refractivity contribution is 7.99. The zero-order valence-electron chi connectivity index (χ0n) is 11.7. The van der Waals surface area contributed by atoms with Crippen LogP contribution in [0.15, 0.2) is 52.3 Å². The van der Waals surface area contributed by atoms with Crippen LogP contribution >= 0.6 is 11.8 Å². The van der Waals surface area contributed by atoms with E-state index in [0.29, 0.717) is 11.1 Å². The lowest BCUT2D eigenvalue weighted by atomic mass is 10.1. The Balaban J connectivity index is 2.22. The van der Waals surface area contributed by atoms with E-state index in [9.17, 15) is 10.1 Å². The molecule has 0 unspecified atom stereocenters. The Bertz CT molecular complexity index is 687. The number of nitrogens with zero attached hydrogens (tertiary/aromatic N) is 1. The molecule has 0 saturated heterocycles. The van der Waals surface area contributed by atoms with Gasteiger partial charge in [0.25, 0.3) is 0 Å². The van der Waals surface area contributed by atoms with Crippen molar-refractivity contribution in [3.63, 3.8) is 0 Å². The van der Waals surface area contributed by atoms with Crippen molar-refractivity contribution in [2.24, 2.45) is 0 Å². The second-order valence-electron chi connectivity index (χ2n) is 4.61. The molecule has 2 aromatic rings. The molecule has 0 spiro atoms. The van der Waals surface area contributed by atoms with Gasteiger partial charge in [-0.3, -0.25) is 4.79 Å². The van der Waals surface area contributed by atoms with Crippen LogP contribution in [-0.2, 0) is 17.6 Å². The molecule has 3 nitrogen and oxygen atoms in total. The second-order valence-corrected chi connectivity index (χ2v) is 5.73. The van der Waals surface area contributed by atoms with E-state index in [1.165, 1.54) is 17.3 Å². The molecule has 0 aliphatic carbocycles. The van der Waals surface area contributed by atoms with Gasteiger partial charge in [-0.05, 0) is 41.8 Å². The molecule has 0 radical (unpaired) electrons. The average Bonchev–Trinajstić information content (AvgIpc) is 2.49. The number of rotatable bonds is 5. The second kappa shape index (κ2) is 6.96. The number of aliphatic carboxylic acids is 1. The lowest BCUT2D eigenvalue weighted by Crippen LogP contribution is -2.00. The first-order valence-electron chi connectivity index (χ1n) is 6.64. The van der Waals surface area contributed by atoms with Gasteiger partial charge in [0.15, 0.2) is 0 Å². The van der Waals surface area contributed by atoms with Gasteiger partial charge < -0.3 is 5.11 Å². The highest BCUT2D eigenvalue weighted by Gasteiger charge is 2.08. The van der Waals surface area contributed by atoms with Crippen molar-refractivity contribution in [1.82, 2.24) is 0 Å². The number of carbonyl (C=O) groups is 1. The third-order valence-corrected chi connectivity index (χ3v) is 4.16. The first-order valence-corrected chi connectivity index (χ1v) is 7.45. The van der Waals surface area contributed by atoms with Crippen LogP contribution in [0.25, 0.3) is 0 Å². The molecule has 2 aromatic carbocycles. The smallest absolute Gasteiger partial charge is 0.307 e. The van der Waals surface area contributed by atoms with Gasteiger partial charge in [0, 0.05) is 9.79 Å². The molecule has 0 fully saturated rings. The summed E-state index contributed by atoms with van der Waals surface area (Å²) in [5.74, 6) is -0.894.